The smallest absolute Gasteiger partial charge is 0.112 e. The van der Waals surface area contributed by atoms with Gasteiger partial charge in [0.25, 0.3) is 0 Å². The van der Waals surface area contributed by atoms with Gasteiger partial charge in [0, 0.05) is 12.0 Å². The zero-order chi connectivity index (χ0) is 11.6. The van der Waals surface area contributed by atoms with Crippen LogP contribution in [0.25, 0.3) is 0 Å². The summed E-state index contributed by atoms with van der Waals surface area (Å²) >= 11 is 0. The molecule has 2 atom stereocenters. The van der Waals surface area contributed by atoms with Crippen molar-refractivity contribution in [2.75, 3.05) is 0 Å². The predicted octanol–water partition coefficient (Wildman–Crippen LogP) is 2.73. The molecule has 0 amide bonds. The Balaban J connectivity index is 2.00. The van der Waals surface area contributed by atoms with Crippen LogP contribution in [0.15, 0.2) is 30.3 Å². The zero-order valence-corrected chi connectivity index (χ0v) is 10.4. The molecule has 1 aromatic carbocycles. The van der Waals surface area contributed by atoms with Crippen molar-refractivity contribution in [1.82, 2.24) is 5.32 Å². The Morgan fingerprint density at radius 2 is 2.00 bits per heavy atom. The van der Waals surface area contributed by atoms with Crippen molar-refractivity contribution >= 4 is 0 Å². The lowest BCUT2D eigenvalue weighted by Gasteiger charge is -2.40. The van der Waals surface area contributed by atoms with Gasteiger partial charge in [-0.2, -0.15) is 0 Å². The van der Waals surface area contributed by atoms with Gasteiger partial charge < -0.3 is 4.74 Å². The van der Waals surface area contributed by atoms with E-state index >= 15 is 0 Å². The predicted molar refractivity (Wildman–Crippen MR) is 66.3 cm³/mol. The summed E-state index contributed by atoms with van der Waals surface area (Å²) < 4.78 is 5.91. The quantitative estimate of drug-likeness (QED) is 0.825. The molecule has 0 spiro atoms. The number of hydrogen-bond acceptors (Lipinski definition) is 2. The fourth-order valence-corrected chi connectivity index (χ4v) is 2.50. The summed E-state index contributed by atoms with van der Waals surface area (Å²) in [6.45, 7) is 6.63. The second-order valence-electron chi connectivity index (χ2n) is 5.36. The summed E-state index contributed by atoms with van der Waals surface area (Å²) in [6, 6.07) is 10.5. The molecule has 1 saturated heterocycles. The molecule has 1 heterocycles. The highest BCUT2D eigenvalue weighted by molar-refractivity contribution is 5.15. The van der Waals surface area contributed by atoms with Gasteiger partial charge in [-0.15, -0.1) is 0 Å². The van der Waals surface area contributed by atoms with Gasteiger partial charge in [-0.05, 0) is 32.8 Å². The summed E-state index contributed by atoms with van der Waals surface area (Å²) in [6.07, 6.45) is 2.48. The first-order chi connectivity index (χ1) is 7.55. The van der Waals surface area contributed by atoms with E-state index < -0.39 is 0 Å². The molecule has 1 N–H and O–H groups in total. The van der Waals surface area contributed by atoms with E-state index in [1.54, 1.807) is 0 Å². The Morgan fingerprint density at radius 3 is 2.62 bits per heavy atom. The second-order valence-corrected chi connectivity index (χ2v) is 5.36. The maximum Gasteiger partial charge on any atom is 0.112 e. The molecule has 0 aliphatic carbocycles. The van der Waals surface area contributed by atoms with E-state index in [2.05, 4.69) is 50.4 Å². The van der Waals surface area contributed by atoms with Crippen LogP contribution in [-0.2, 0) is 11.2 Å². The van der Waals surface area contributed by atoms with Crippen molar-refractivity contribution in [3.8, 4) is 0 Å². The van der Waals surface area contributed by atoms with Crippen LogP contribution in [0.2, 0.25) is 0 Å². The number of nitrogens with one attached hydrogen (secondary N) is 1. The Hall–Kier alpha value is -0.860. The van der Waals surface area contributed by atoms with Gasteiger partial charge >= 0.3 is 0 Å². The topological polar surface area (TPSA) is 21.3 Å². The average Bonchev–Trinajstić information content (AvgIpc) is 2.15. The van der Waals surface area contributed by atoms with Crippen LogP contribution in [0.3, 0.4) is 0 Å². The van der Waals surface area contributed by atoms with E-state index in [9.17, 15) is 0 Å². The van der Waals surface area contributed by atoms with Gasteiger partial charge in [-0.25, -0.2) is 0 Å². The van der Waals surface area contributed by atoms with Crippen molar-refractivity contribution in [1.29, 1.82) is 0 Å². The van der Waals surface area contributed by atoms with E-state index in [0.29, 0.717) is 6.10 Å². The van der Waals surface area contributed by atoms with Crippen molar-refractivity contribution < 1.29 is 4.74 Å². The normalized spacial score (nSPS) is 28.9. The Kier molecular flexibility index (Phi) is 3.31. The van der Waals surface area contributed by atoms with Crippen LogP contribution < -0.4 is 5.32 Å². The largest absolute Gasteiger partial charge is 0.360 e. The molecule has 0 saturated carbocycles. The molecule has 1 aliphatic heterocycles. The molecule has 2 nitrogen and oxygen atoms in total. The summed E-state index contributed by atoms with van der Waals surface area (Å²) in [7, 11) is 0. The monoisotopic (exact) mass is 219 g/mol. The Labute approximate surface area is 98.0 Å². The van der Waals surface area contributed by atoms with Crippen molar-refractivity contribution in [3.05, 3.63) is 35.9 Å². The van der Waals surface area contributed by atoms with E-state index in [1.807, 2.05) is 6.07 Å². The molecule has 0 bridgehead atoms. The average molecular weight is 219 g/mol. The summed E-state index contributed by atoms with van der Waals surface area (Å²) in [5, 5.41) is 3.55. The van der Waals surface area contributed by atoms with E-state index in [1.165, 1.54) is 5.56 Å². The first kappa shape index (κ1) is 11.6. The zero-order valence-electron chi connectivity index (χ0n) is 10.4. The lowest BCUT2D eigenvalue weighted by Crippen LogP contribution is -2.55. The molecule has 0 aromatic heterocycles. The van der Waals surface area contributed by atoms with E-state index in [4.69, 9.17) is 4.74 Å². The maximum absolute atomic E-state index is 5.91. The number of rotatable bonds is 2. The number of hydrogen-bond donors (Lipinski definition) is 1. The first-order valence-corrected chi connectivity index (χ1v) is 6.02. The minimum atomic E-state index is 0.140. The standard InChI is InChI=1S/C14H21NO/c1-11-10-14(2,3)15-13(16-11)9-12-7-5-4-6-8-12/h4-8,11,13,15H,9-10H2,1-3H3. The fraction of sp³-hybridized carbons (Fsp3) is 0.571. The van der Waals surface area contributed by atoms with Gasteiger partial charge in [-0.3, -0.25) is 5.32 Å². The molecule has 2 unspecified atom stereocenters. The van der Waals surface area contributed by atoms with Gasteiger partial charge in [0.15, 0.2) is 0 Å². The maximum atomic E-state index is 5.91. The van der Waals surface area contributed by atoms with Crippen LogP contribution in [0.4, 0.5) is 0 Å². The highest BCUT2D eigenvalue weighted by Crippen LogP contribution is 2.22. The van der Waals surface area contributed by atoms with Crippen LogP contribution in [-0.4, -0.2) is 17.9 Å². The summed E-state index contributed by atoms with van der Waals surface area (Å²) in [5.74, 6) is 0. The third kappa shape index (κ3) is 3.06. The third-order valence-electron chi connectivity index (χ3n) is 3.01. The fourth-order valence-electron chi connectivity index (χ4n) is 2.50. The molecule has 16 heavy (non-hydrogen) atoms. The molecular formula is C14H21NO. The molecule has 1 aliphatic rings. The SMILES string of the molecule is CC1CC(C)(C)NC(Cc2ccccc2)O1. The number of ether oxygens (including phenoxy) is 1. The molecule has 2 rings (SSSR count). The molecule has 0 radical (unpaired) electrons. The molecule has 88 valence electrons. The summed E-state index contributed by atoms with van der Waals surface area (Å²) in [4.78, 5) is 0. The third-order valence-corrected chi connectivity index (χ3v) is 3.01. The van der Waals surface area contributed by atoms with Gasteiger partial charge in [0.05, 0.1) is 6.10 Å². The van der Waals surface area contributed by atoms with Crippen molar-refractivity contribution in [2.45, 2.75) is 51.5 Å². The minimum absolute atomic E-state index is 0.140. The van der Waals surface area contributed by atoms with Crippen LogP contribution in [0, 0.1) is 0 Å². The van der Waals surface area contributed by atoms with Crippen molar-refractivity contribution in [3.63, 3.8) is 0 Å². The molecule has 1 fully saturated rings. The molecule has 1 aromatic rings. The van der Waals surface area contributed by atoms with Gasteiger partial charge in [0.2, 0.25) is 0 Å². The van der Waals surface area contributed by atoms with Crippen molar-refractivity contribution in [2.24, 2.45) is 0 Å². The Bertz CT molecular complexity index is 334. The highest BCUT2D eigenvalue weighted by Gasteiger charge is 2.31. The minimum Gasteiger partial charge on any atom is -0.360 e. The number of benzene rings is 1. The molecule has 2 heteroatoms. The van der Waals surface area contributed by atoms with Gasteiger partial charge in [-0.1, -0.05) is 30.3 Å². The highest BCUT2D eigenvalue weighted by atomic mass is 16.5. The summed E-state index contributed by atoms with van der Waals surface area (Å²) in [5.41, 5.74) is 1.50. The second kappa shape index (κ2) is 4.56. The van der Waals surface area contributed by atoms with E-state index in [0.717, 1.165) is 12.8 Å². The molecular weight excluding hydrogens is 198 g/mol. The van der Waals surface area contributed by atoms with E-state index in [-0.39, 0.29) is 11.8 Å². The first-order valence-electron chi connectivity index (χ1n) is 6.02. The van der Waals surface area contributed by atoms with Crippen LogP contribution in [0.1, 0.15) is 32.8 Å². The lowest BCUT2D eigenvalue weighted by atomic mass is 9.94. The van der Waals surface area contributed by atoms with Crippen LogP contribution in [0.5, 0.6) is 0 Å². The van der Waals surface area contributed by atoms with Crippen LogP contribution >= 0.6 is 0 Å². The Morgan fingerprint density at radius 1 is 1.31 bits per heavy atom. The lowest BCUT2D eigenvalue weighted by molar-refractivity contribution is -0.0861. The van der Waals surface area contributed by atoms with Gasteiger partial charge in [0.1, 0.15) is 6.23 Å².